The van der Waals surface area contributed by atoms with Crippen LogP contribution >= 0.6 is 35.5 Å². The van der Waals surface area contributed by atoms with Gasteiger partial charge in [-0.05, 0) is 0 Å². The van der Waals surface area contributed by atoms with E-state index in [1.54, 1.807) is 0 Å². The van der Waals surface area contributed by atoms with Gasteiger partial charge in [0.05, 0.1) is 11.4 Å². The molecule has 106 valence electrons. The lowest BCUT2D eigenvalue weighted by Crippen LogP contribution is -2.17. The number of nitrogens with two attached hydrogens (primary N) is 1. The van der Waals surface area contributed by atoms with E-state index in [0.717, 1.165) is 23.0 Å². The molecule has 0 bridgehead atoms. The molecule has 0 saturated heterocycles. The quantitative estimate of drug-likeness (QED) is 0.594. The van der Waals surface area contributed by atoms with Crippen molar-refractivity contribution in [2.24, 2.45) is 5.73 Å². The van der Waals surface area contributed by atoms with E-state index in [9.17, 15) is 4.79 Å². The molecule has 1 amide bonds. The molecule has 0 fully saturated rings. The van der Waals surface area contributed by atoms with Crippen molar-refractivity contribution < 1.29 is 4.79 Å². The van der Waals surface area contributed by atoms with Gasteiger partial charge in [0.1, 0.15) is 0 Å². The zero-order valence-electron chi connectivity index (χ0n) is 10.3. The number of nitrogens with one attached hydrogen (secondary N) is 2. The van der Waals surface area contributed by atoms with Gasteiger partial charge in [-0.15, -0.1) is 23.7 Å². The first kappa shape index (κ1) is 16.5. The molecule has 4 N–H and O–H groups in total. The van der Waals surface area contributed by atoms with E-state index < -0.39 is 0 Å². The van der Waals surface area contributed by atoms with Gasteiger partial charge in [-0.1, -0.05) is 42.1 Å². The standard InChI is InChI=1S/C12H12N4OS2.ClH/c13-11(14)18-7-10(17)16-12-15-9(6-19-12)8-4-2-1-3-5-8;/h1-6H,7H2,(H3,13,14)(H,15,16,17);1H. The molecule has 8 heteroatoms. The third-order valence-electron chi connectivity index (χ3n) is 2.18. The summed E-state index contributed by atoms with van der Waals surface area (Å²) in [5.41, 5.74) is 7.01. The van der Waals surface area contributed by atoms with Crippen LogP contribution in [0.1, 0.15) is 0 Å². The number of carbonyl (C=O) groups excluding carboxylic acids is 1. The molecule has 0 aliphatic heterocycles. The van der Waals surface area contributed by atoms with E-state index in [2.05, 4.69) is 10.3 Å². The van der Waals surface area contributed by atoms with Gasteiger partial charge in [-0.3, -0.25) is 10.2 Å². The van der Waals surface area contributed by atoms with E-state index in [4.69, 9.17) is 11.1 Å². The maximum Gasteiger partial charge on any atom is 0.236 e. The summed E-state index contributed by atoms with van der Waals surface area (Å²) in [5, 5.41) is 12.1. The van der Waals surface area contributed by atoms with E-state index in [1.165, 1.54) is 11.3 Å². The number of amidine groups is 1. The van der Waals surface area contributed by atoms with Gasteiger partial charge in [0.2, 0.25) is 5.91 Å². The van der Waals surface area contributed by atoms with Crippen LogP contribution in [0.5, 0.6) is 0 Å². The first-order valence-corrected chi connectivity index (χ1v) is 7.29. The van der Waals surface area contributed by atoms with Crippen molar-refractivity contribution in [2.45, 2.75) is 0 Å². The molecular weight excluding hydrogens is 316 g/mol. The number of aromatic nitrogens is 1. The van der Waals surface area contributed by atoms with Crippen molar-refractivity contribution in [1.82, 2.24) is 4.98 Å². The van der Waals surface area contributed by atoms with Crippen molar-refractivity contribution in [3.63, 3.8) is 0 Å². The lowest BCUT2D eigenvalue weighted by atomic mass is 10.2. The van der Waals surface area contributed by atoms with Gasteiger partial charge in [-0.25, -0.2) is 4.98 Å². The van der Waals surface area contributed by atoms with Crippen LogP contribution < -0.4 is 11.1 Å². The minimum atomic E-state index is -0.214. The number of carbonyl (C=O) groups is 1. The number of halogens is 1. The summed E-state index contributed by atoms with van der Waals surface area (Å²) in [7, 11) is 0. The summed E-state index contributed by atoms with van der Waals surface area (Å²) in [5.74, 6) is -0.0931. The average Bonchev–Trinajstić information content (AvgIpc) is 2.86. The molecule has 0 saturated carbocycles. The van der Waals surface area contributed by atoms with Crippen LogP contribution in [-0.4, -0.2) is 21.8 Å². The number of amides is 1. The minimum Gasteiger partial charge on any atom is -0.379 e. The Kier molecular flexibility index (Phi) is 6.50. The summed E-state index contributed by atoms with van der Waals surface area (Å²) < 4.78 is 0. The minimum absolute atomic E-state index is 0. The van der Waals surface area contributed by atoms with Gasteiger partial charge in [0, 0.05) is 10.9 Å². The SMILES string of the molecule is Cl.N=C(N)SCC(=O)Nc1nc(-c2ccccc2)cs1. The number of thiazole rings is 1. The number of hydrogen-bond acceptors (Lipinski definition) is 5. The van der Waals surface area contributed by atoms with E-state index in [-0.39, 0.29) is 29.2 Å². The summed E-state index contributed by atoms with van der Waals surface area (Å²) in [6.07, 6.45) is 0. The molecular formula is C12H13ClN4OS2. The molecule has 1 heterocycles. The Bertz CT molecular complexity index is 588. The number of rotatable bonds is 4. The normalized spacial score (nSPS) is 9.60. The molecule has 0 radical (unpaired) electrons. The van der Waals surface area contributed by atoms with Crippen molar-refractivity contribution in [1.29, 1.82) is 5.41 Å². The molecule has 2 aromatic rings. The van der Waals surface area contributed by atoms with Gasteiger partial charge in [-0.2, -0.15) is 0 Å². The number of benzene rings is 1. The molecule has 0 unspecified atom stereocenters. The lowest BCUT2D eigenvalue weighted by molar-refractivity contribution is -0.113. The maximum atomic E-state index is 11.5. The molecule has 2 rings (SSSR count). The summed E-state index contributed by atoms with van der Waals surface area (Å²) in [6.45, 7) is 0. The van der Waals surface area contributed by atoms with Gasteiger partial charge < -0.3 is 11.1 Å². The monoisotopic (exact) mass is 328 g/mol. The maximum absolute atomic E-state index is 11.5. The smallest absolute Gasteiger partial charge is 0.236 e. The second-order valence-corrected chi connectivity index (χ2v) is 5.48. The van der Waals surface area contributed by atoms with Crippen LogP contribution in [-0.2, 0) is 4.79 Å². The zero-order valence-corrected chi connectivity index (χ0v) is 12.8. The number of nitrogens with zero attached hydrogens (tertiary/aromatic N) is 1. The van der Waals surface area contributed by atoms with Crippen molar-refractivity contribution in [3.05, 3.63) is 35.7 Å². The number of anilines is 1. The third kappa shape index (κ3) is 4.84. The van der Waals surface area contributed by atoms with Gasteiger partial charge >= 0.3 is 0 Å². The Balaban J connectivity index is 0.00000200. The second kappa shape index (κ2) is 7.88. The lowest BCUT2D eigenvalue weighted by Gasteiger charge is -2.00. The highest BCUT2D eigenvalue weighted by Gasteiger charge is 2.08. The number of hydrogen-bond donors (Lipinski definition) is 3. The van der Waals surface area contributed by atoms with Crippen LogP contribution in [0, 0.1) is 5.41 Å². The number of thioether (sulfide) groups is 1. The zero-order chi connectivity index (χ0) is 13.7. The van der Waals surface area contributed by atoms with Crippen LogP contribution in [0.15, 0.2) is 35.7 Å². The molecule has 0 aliphatic rings. The molecule has 0 atom stereocenters. The van der Waals surface area contributed by atoms with Gasteiger partial charge in [0.25, 0.3) is 0 Å². The van der Waals surface area contributed by atoms with Crippen LogP contribution in [0.25, 0.3) is 11.3 Å². The highest BCUT2D eigenvalue weighted by atomic mass is 35.5. The summed E-state index contributed by atoms with van der Waals surface area (Å²) in [6, 6.07) is 9.75. The average molecular weight is 329 g/mol. The predicted molar refractivity (Wildman–Crippen MR) is 87.8 cm³/mol. The predicted octanol–water partition coefficient (Wildman–Crippen LogP) is 2.80. The fraction of sp³-hybridized carbons (Fsp3) is 0.0833. The largest absolute Gasteiger partial charge is 0.379 e. The Labute approximate surface area is 130 Å². The topological polar surface area (TPSA) is 91.9 Å². The van der Waals surface area contributed by atoms with E-state index in [1.807, 2.05) is 35.7 Å². The van der Waals surface area contributed by atoms with Crippen LogP contribution in [0.3, 0.4) is 0 Å². The highest BCUT2D eigenvalue weighted by molar-refractivity contribution is 8.14. The molecule has 0 aliphatic carbocycles. The van der Waals surface area contributed by atoms with Crippen molar-refractivity contribution >= 4 is 51.7 Å². The second-order valence-electron chi connectivity index (χ2n) is 3.61. The summed E-state index contributed by atoms with van der Waals surface area (Å²) >= 11 is 2.36. The molecule has 1 aromatic carbocycles. The third-order valence-corrected chi connectivity index (χ3v) is 3.65. The first-order chi connectivity index (χ1) is 9.15. The van der Waals surface area contributed by atoms with Crippen LogP contribution in [0.4, 0.5) is 5.13 Å². The molecule has 5 nitrogen and oxygen atoms in total. The fourth-order valence-corrected chi connectivity index (χ4v) is 2.47. The Morgan fingerprint density at radius 3 is 2.75 bits per heavy atom. The Hall–Kier alpha value is -1.57. The van der Waals surface area contributed by atoms with E-state index in [0.29, 0.717) is 5.13 Å². The molecule has 1 aromatic heterocycles. The molecule has 0 spiro atoms. The van der Waals surface area contributed by atoms with Gasteiger partial charge in [0.15, 0.2) is 10.3 Å². The summed E-state index contributed by atoms with van der Waals surface area (Å²) in [4.78, 5) is 15.9. The Morgan fingerprint density at radius 1 is 1.40 bits per heavy atom. The van der Waals surface area contributed by atoms with Crippen molar-refractivity contribution in [2.75, 3.05) is 11.1 Å². The fourth-order valence-electron chi connectivity index (χ4n) is 1.37. The Morgan fingerprint density at radius 2 is 2.10 bits per heavy atom. The van der Waals surface area contributed by atoms with E-state index >= 15 is 0 Å². The van der Waals surface area contributed by atoms with Crippen molar-refractivity contribution in [3.8, 4) is 11.3 Å². The highest BCUT2D eigenvalue weighted by Crippen LogP contribution is 2.24. The first-order valence-electron chi connectivity index (χ1n) is 5.43. The van der Waals surface area contributed by atoms with Crippen LogP contribution in [0.2, 0.25) is 0 Å². The molecule has 20 heavy (non-hydrogen) atoms.